The average molecular weight is 438 g/mol. The highest BCUT2D eigenvalue weighted by molar-refractivity contribution is 7.90. The zero-order valence-electron chi connectivity index (χ0n) is 18.1. The number of nitrogens with zero attached hydrogens (tertiary/aromatic N) is 2. The summed E-state index contributed by atoms with van der Waals surface area (Å²) in [7, 11) is -3.33. The largest absolute Gasteiger partial charge is 0.476 e. The Bertz CT molecular complexity index is 808. The van der Waals surface area contributed by atoms with Gasteiger partial charge < -0.3 is 9.47 Å². The number of nitrogens with one attached hydrogen (secondary N) is 1. The van der Waals surface area contributed by atoms with Crippen molar-refractivity contribution in [3.8, 4) is 5.88 Å². The number of aromatic nitrogens is 1. The third kappa shape index (κ3) is 4.98. The molecule has 1 aromatic rings. The van der Waals surface area contributed by atoms with Crippen LogP contribution in [0.1, 0.15) is 63.9 Å². The minimum Gasteiger partial charge on any atom is -0.476 e. The van der Waals surface area contributed by atoms with Gasteiger partial charge in [-0.15, -0.1) is 0 Å². The molecule has 168 valence electrons. The van der Waals surface area contributed by atoms with Crippen LogP contribution in [0.4, 0.5) is 0 Å². The monoisotopic (exact) mass is 437 g/mol. The van der Waals surface area contributed by atoms with Crippen LogP contribution in [0.3, 0.4) is 0 Å². The van der Waals surface area contributed by atoms with Crippen molar-refractivity contribution in [2.24, 2.45) is 0 Å². The molecular weight excluding hydrogens is 402 g/mol. The van der Waals surface area contributed by atoms with E-state index in [1.165, 1.54) is 5.56 Å². The molecular formula is C22H35N3O4S. The lowest BCUT2D eigenvalue weighted by Crippen LogP contribution is -2.58. The van der Waals surface area contributed by atoms with Crippen LogP contribution in [-0.2, 0) is 14.8 Å². The van der Waals surface area contributed by atoms with Gasteiger partial charge in [-0.2, -0.15) is 0 Å². The molecule has 1 aliphatic carbocycles. The first-order chi connectivity index (χ1) is 14.4. The fraction of sp³-hybridized carbons (Fsp3) is 0.773. The molecule has 7 nitrogen and oxygen atoms in total. The van der Waals surface area contributed by atoms with Crippen molar-refractivity contribution in [3.63, 3.8) is 0 Å². The van der Waals surface area contributed by atoms with Gasteiger partial charge in [0.1, 0.15) is 6.61 Å². The number of ether oxygens (including phenoxy) is 2. The molecule has 3 aliphatic heterocycles. The molecule has 1 aromatic heterocycles. The SMILES string of the molecule is CC(C)S(=O)(=O)N[C@H]1CCCN2CCOc3ncccc3C3CCC(CC3)OCC12. The number of piperidine rings is 1. The van der Waals surface area contributed by atoms with Crippen LogP contribution in [0.5, 0.6) is 5.88 Å². The molecule has 0 aromatic carbocycles. The molecule has 1 N–H and O–H groups in total. The molecule has 30 heavy (non-hydrogen) atoms. The highest BCUT2D eigenvalue weighted by Gasteiger charge is 2.36. The second-order valence-electron chi connectivity index (χ2n) is 9.12. The fourth-order valence-electron chi connectivity index (χ4n) is 4.98. The topological polar surface area (TPSA) is 80.8 Å². The number of pyridine rings is 1. The molecule has 0 radical (unpaired) electrons. The third-order valence-electron chi connectivity index (χ3n) is 6.86. The van der Waals surface area contributed by atoms with E-state index in [9.17, 15) is 8.42 Å². The maximum Gasteiger partial charge on any atom is 0.216 e. The van der Waals surface area contributed by atoms with E-state index >= 15 is 0 Å². The van der Waals surface area contributed by atoms with Gasteiger partial charge >= 0.3 is 0 Å². The minimum atomic E-state index is -3.33. The first kappa shape index (κ1) is 22.0. The average Bonchev–Trinajstić information content (AvgIpc) is 2.75. The lowest BCUT2D eigenvalue weighted by atomic mass is 9.83. The van der Waals surface area contributed by atoms with Crippen LogP contribution in [0.25, 0.3) is 0 Å². The van der Waals surface area contributed by atoms with E-state index in [2.05, 4.69) is 20.7 Å². The zero-order valence-corrected chi connectivity index (χ0v) is 18.9. The van der Waals surface area contributed by atoms with E-state index in [0.29, 0.717) is 19.1 Å². The number of hydrogen-bond donors (Lipinski definition) is 1. The number of fused-ring (bicyclic) bond motifs is 5. The van der Waals surface area contributed by atoms with E-state index in [4.69, 9.17) is 9.47 Å². The lowest BCUT2D eigenvalue weighted by molar-refractivity contribution is -0.0284. The Balaban J connectivity index is 1.54. The van der Waals surface area contributed by atoms with Crippen LogP contribution in [0.15, 0.2) is 18.3 Å². The Labute approximate surface area is 180 Å². The summed E-state index contributed by atoms with van der Waals surface area (Å²) in [4.78, 5) is 6.85. The first-order valence-electron chi connectivity index (χ1n) is 11.4. The number of sulfonamides is 1. The van der Waals surface area contributed by atoms with Gasteiger partial charge in [-0.3, -0.25) is 4.90 Å². The normalized spacial score (nSPS) is 31.0. The Morgan fingerprint density at radius 1 is 1.17 bits per heavy atom. The highest BCUT2D eigenvalue weighted by atomic mass is 32.2. The summed E-state index contributed by atoms with van der Waals surface area (Å²) < 4.78 is 40.6. The summed E-state index contributed by atoms with van der Waals surface area (Å²) >= 11 is 0. The van der Waals surface area contributed by atoms with Crippen molar-refractivity contribution in [1.82, 2.24) is 14.6 Å². The molecule has 1 saturated carbocycles. The molecule has 8 heteroatoms. The van der Waals surface area contributed by atoms with Crippen molar-refractivity contribution < 1.29 is 17.9 Å². The third-order valence-corrected chi connectivity index (χ3v) is 8.74. The van der Waals surface area contributed by atoms with Crippen LogP contribution in [-0.4, -0.2) is 68.0 Å². The molecule has 4 heterocycles. The van der Waals surface area contributed by atoms with Gasteiger partial charge in [-0.1, -0.05) is 6.07 Å². The van der Waals surface area contributed by atoms with Crippen LogP contribution in [0.2, 0.25) is 0 Å². The van der Waals surface area contributed by atoms with E-state index in [1.54, 1.807) is 20.0 Å². The standard InChI is InChI=1S/C22H35N3O4S/c1-16(2)30(26,27)24-20-6-4-12-25-13-14-28-22-19(5-3-11-23-22)17-7-9-18(10-8-17)29-15-21(20)25/h3,5,11,16-18,20-21,24H,4,6-10,12-15H2,1-2H3/t17?,18?,20-,21?/m0/s1. The summed E-state index contributed by atoms with van der Waals surface area (Å²) in [5.74, 6) is 1.23. The van der Waals surface area contributed by atoms with Gasteiger partial charge in [0.2, 0.25) is 15.9 Å². The Morgan fingerprint density at radius 3 is 2.73 bits per heavy atom. The number of hydrogen-bond acceptors (Lipinski definition) is 6. The maximum absolute atomic E-state index is 12.6. The summed E-state index contributed by atoms with van der Waals surface area (Å²) in [5.41, 5.74) is 1.22. The summed E-state index contributed by atoms with van der Waals surface area (Å²) in [6.07, 6.45) is 8.04. The van der Waals surface area contributed by atoms with Gasteiger partial charge in [0.15, 0.2) is 0 Å². The molecule has 2 fully saturated rings. The molecule has 4 aliphatic rings. The molecule has 2 atom stereocenters. The van der Waals surface area contributed by atoms with Gasteiger partial charge in [0.05, 0.1) is 18.0 Å². The number of rotatable bonds is 3. The predicted octanol–water partition coefficient (Wildman–Crippen LogP) is 2.68. The van der Waals surface area contributed by atoms with Crippen molar-refractivity contribution in [1.29, 1.82) is 0 Å². The fourth-order valence-corrected chi connectivity index (χ4v) is 5.95. The first-order valence-corrected chi connectivity index (χ1v) is 12.9. The minimum absolute atomic E-state index is 0.0255. The zero-order chi connectivity index (χ0) is 21.1. The molecule has 2 bridgehead atoms. The maximum atomic E-state index is 12.6. The summed E-state index contributed by atoms with van der Waals surface area (Å²) in [6, 6.07) is 4.04. The van der Waals surface area contributed by atoms with Gasteiger partial charge in [-0.25, -0.2) is 18.1 Å². The summed E-state index contributed by atoms with van der Waals surface area (Å²) in [6.45, 7) is 6.21. The second kappa shape index (κ2) is 9.51. The van der Waals surface area contributed by atoms with Gasteiger partial charge in [-0.05, 0) is 70.9 Å². The van der Waals surface area contributed by atoms with Crippen LogP contribution < -0.4 is 9.46 Å². The smallest absolute Gasteiger partial charge is 0.216 e. The van der Waals surface area contributed by atoms with Crippen LogP contribution >= 0.6 is 0 Å². The summed E-state index contributed by atoms with van der Waals surface area (Å²) in [5, 5.41) is -0.440. The molecule has 0 amide bonds. The van der Waals surface area contributed by atoms with E-state index < -0.39 is 15.3 Å². The van der Waals surface area contributed by atoms with Crippen molar-refractivity contribution in [2.75, 3.05) is 26.3 Å². The van der Waals surface area contributed by atoms with Crippen LogP contribution in [0, 0.1) is 0 Å². The van der Waals surface area contributed by atoms with Crippen molar-refractivity contribution in [2.45, 2.75) is 81.7 Å². The highest BCUT2D eigenvalue weighted by Crippen LogP contribution is 2.38. The predicted molar refractivity (Wildman–Crippen MR) is 116 cm³/mol. The molecule has 5 rings (SSSR count). The van der Waals surface area contributed by atoms with E-state index in [-0.39, 0.29) is 18.2 Å². The van der Waals surface area contributed by atoms with E-state index in [0.717, 1.165) is 57.5 Å². The van der Waals surface area contributed by atoms with Gasteiger partial charge in [0.25, 0.3) is 0 Å². The Hall–Kier alpha value is -1.22. The molecule has 0 spiro atoms. The molecule has 1 saturated heterocycles. The quantitative estimate of drug-likeness (QED) is 0.783. The Morgan fingerprint density at radius 2 is 1.97 bits per heavy atom. The Kier molecular flexibility index (Phi) is 6.97. The van der Waals surface area contributed by atoms with Crippen molar-refractivity contribution in [3.05, 3.63) is 23.9 Å². The molecule has 1 unspecified atom stereocenters. The van der Waals surface area contributed by atoms with E-state index in [1.807, 2.05) is 6.07 Å². The second-order valence-corrected chi connectivity index (χ2v) is 11.4. The van der Waals surface area contributed by atoms with Crippen molar-refractivity contribution >= 4 is 10.0 Å². The van der Waals surface area contributed by atoms with Gasteiger partial charge in [0, 0.05) is 30.4 Å². The lowest BCUT2D eigenvalue weighted by Gasteiger charge is -2.42.